The van der Waals surface area contributed by atoms with Crippen molar-refractivity contribution in [1.82, 2.24) is 0 Å². The lowest BCUT2D eigenvalue weighted by molar-refractivity contribution is 0.267. The third-order valence-corrected chi connectivity index (χ3v) is 2.92. The van der Waals surface area contributed by atoms with Crippen molar-refractivity contribution in [2.75, 3.05) is 11.9 Å². The Bertz CT molecular complexity index is 572. The van der Waals surface area contributed by atoms with Gasteiger partial charge in [0.25, 0.3) is 0 Å². The Morgan fingerprint density at radius 2 is 2.05 bits per heavy atom. The summed E-state index contributed by atoms with van der Waals surface area (Å²) in [6, 6.07) is 12.0. The van der Waals surface area contributed by atoms with Crippen LogP contribution in [0.3, 0.4) is 0 Å². The van der Waals surface area contributed by atoms with Crippen LogP contribution in [0.15, 0.2) is 42.5 Å². The molecule has 3 nitrogen and oxygen atoms in total. The number of hydrogen-bond donors (Lipinski definition) is 2. The Hall–Kier alpha value is -2.07. The van der Waals surface area contributed by atoms with Gasteiger partial charge in [0, 0.05) is 17.8 Å². The van der Waals surface area contributed by atoms with Gasteiger partial charge >= 0.3 is 0 Å². The van der Waals surface area contributed by atoms with Crippen molar-refractivity contribution < 1.29 is 14.2 Å². The van der Waals surface area contributed by atoms with Gasteiger partial charge in [-0.25, -0.2) is 4.39 Å². The fourth-order valence-corrected chi connectivity index (χ4v) is 1.96. The third kappa shape index (κ3) is 3.71. The first-order valence-electron chi connectivity index (χ1n) is 6.58. The zero-order valence-electron chi connectivity index (χ0n) is 11.4. The summed E-state index contributed by atoms with van der Waals surface area (Å²) in [5, 5.41) is 12.5. The second kappa shape index (κ2) is 6.91. The smallest absolute Gasteiger partial charge is 0.124 e. The van der Waals surface area contributed by atoms with Crippen molar-refractivity contribution in [3.63, 3.8) is 0 Å². The zero-order valence-corrected chi connectivity index (χ0v) is 11.4. The number of nitrogens with one attached hydrogen (secondary N) is 1. The standard InChI is InChI=1S/C16H18FNO2/c1-2-20-16-7-6-15(9-13(16)11-19)18-10-12-4-3-5-14(17)8-12/h3-9,18-19H,2,10-11H2,1H3. The van der Waals surface area contributed by atoms with Crippen LogP contribution in [0.1, 0.15) is 18.1 Å². The molecule has 0 amide bonds. The summed E-state index contributed by atoms with van der Waals surface area (Å²) < 4.78 is 18.5. The molecule has 0 radical (unpaired) electrons. The van der Waals surface area contributed by atoms with Gasteiger partial charge in [0.05, 0.1) is 13.2 Å². The van der Waals surface area contributed by atoms with Crippen molar-refractivity contribution in [3.8, 4) is 5.75 Å². The number of benzene rings is 2. The van der Waals surface area contributed by atoms with E-state index in [1.165, 1.54) is 12.1 Å². The van der Waals surface area contributed by atoms with Gasteiger partial charge in [0.2, 0.25) is 0 Å². The number of anilines is 1. The first-order valence-corrected chi connectivity index (χ1v) is 6.58. The largest absolute Gasteiger partial charge is 0.494 e. The summed E-state index contributed by atoms with van der Waals surface area (Å²) in [5.74, 6) is 0.443. The maximum absolute atomic E-state index is 13.1. The Balaban J connectivity index is 2.06. The molecule has 0 spiro atoms. The van der Waals surface area contributed by atoms with Crippen LogP contribution >= 0.6 is 0 Å². The second-order valence-corrected chi connectivity index (χ2v) is 4.40. The Kier molecular flexibility index (Phi) is 4.96. The third-order valence-electron chi connectivity index (χ3n) is 2.92. The highest BCUT2D eigenvalue weighted by atomic mass is 19.1. The summed E-state index contributed by atoms with van der Waals surface area (Å²) in [5.41, 5.74) is 2.46. The predicted molar refractivity (Wildman–Crippen MR) is 77.3 cm³/mol. The molecule has 2 aromatic carbocycles. The summed E-state index contributed by atoms with van der Waals surface area (Å²) in [6.07, 6.45) is 0. The molecule has 0 fully saturated rings. The van der Waals surface area contributed by atoms with Crippen LogP contribution in [-0.4, -0.2) is 11.7 Å². The van der Waals surface area contributed by atoms with E-state index in [9.17, 15) is 9.50 Å². The SMILES string of the molecule is CCOc1ccc(NCc2cccc(F)c2)cc1CO. The van der Waals surface area contributed by atoms with Gasteiger partial charge in [0.15, 0.2) is 0 Å². The summed E-state index contributed by atoms with van der Waals surface area (Å²) in [4.78, 5) is 0. The van der Waals surface area contributed by atoms with Gasteiger partial charge < -0.3 is 15.2 Å². The van der Waals surface area contributed by atoms with Gasteiger partial charge in [-0.15, -0.1) is 0 Å². The Morgan fingerprint density at radius 3 is 2.75 bits per heavy atom. The van der Waals surface area contributed by atoms with Crippen LogP contribution in [0, 0.1) is 5.82 Å². The molecule has 0 bridgehead atoms. The molecule has 0 aliphatic heterocycles. The predicted octanol–water partition coefficient (Wildman–Crippen LogP) is 3.33. The molecular weight excluding hydrogens is 257 g/mol. The molecule has 106 valence electrons. The fourth-order valence-electron chi connectivity index (χ4n) is 1.96. The van der Waals surface area contributed by atoms with E-state index in [1.54, 1.807) is 6.07 Å². The molecule has 0 aliphatic carbocycles. The van der Waals surface area contributed by atoms with Crippen LogP contribution in [0.4, 0.5) is 10.1 Å². The molecule has 0 aliphatic rings. The minimum absolute atomic E-state index is 0.0786. The lowest BCUT2D eigenvalue weighted by Gasteiger charge is -2.12. The highest BCUT2D eigenvalue weighted by Gasteiger charge is 2.04. The minimum Gasteiger partial charge on any atom is -0.494 e. The normalized spacial score (nSPS) is 10.3. The molecule has 2 rings (SSSR count). The first-order chi connectivity index (χ1) is 9.72. The van der Waals surface area contributed by atoms with Crippen LogP contribution in [0.5, 0.6) is 5.75 Å². The average molecular weight is 275 g/mol. The van der Waals surface area contributed by atoms with Crippen molar-refractivity contribution in [2.45, 2.75) is 20.1 Å². The first kappa shape index (κ1) is 14.3. The van der Waals surface area contributed by atoms with Crippen molar-refractivity contribution in [1.29, 1.82) is 0 Å². The molecule has 0 saturated carbocycles. The number of hydrogen-bond acceptors (Lipinski definition) is 3. The maximum atomic E-state index is 13.1. The fraction of sp³-hybridized carbons (Fsp3) is 0.250. The number of halogens is 1. The molecule has 0 atom stereocenters. The molecule has 20 heavy (non-hydrogen) atoms. The molecule has 0 aromatic heterocycles. The van der Waals surface area contributed by atoms with E-state index in [1.807, 2.05) is 31.2 Å². The quantitative estimate of drug-likeness (QED) is 0.849. The minimum atomic E-state index is -0.243. The molecule has 2 N–H and O–H groups in total. The lowest BCUT2D eigenvalue weighted by atomic mass is 10.1. The lowest BCUT2D eigenvalue weighted by Crippen LogP contribution is -2.02. The second-order valence-electron chi connectivity index (χ2n) is 4.40. The average Bonchev–Trinajstić information content (AvgIpc) is 2.46. The Labute approximate surface area is 118 Å². The van der Waals surface area contributed by atoms with E-state index in [0.717, 1.165) is 16.8 Å². The van der Waals surface area contributed by atoms with Gasteiger partial charge in [-0.1, -0.05) is 12.1 Å². The van der Waals surface area contributed by atoms with Crippen molar-refractivity contribution in [3.05, 3.63) is 59.4 Å². The van der Waals surface area contributed by atoms with E-state index in [4.69, 9.17) is 4.74 Å². The number of ether oxygens (including phenoxy) is 1. The van der Waals surface area contributed by atoms with Gasteiger partial charge in [-0.3, -0.25) is 0 Å². The van der Waals surface area contributed by atoms with Crippen LogP contribution in [0.2, 0.25) is 0 Å². The van der Waals surface area contributed by atoms with E-state index in [2.05, 4.69) is 5.32 Å². The zero-order chi connectivity index (χ0) is 14.4. The highest BCUT2D eigenvalue weighted by molar-refractivity contribution is 5.51. The van der Waals surface area contributed by atoms with Crippen LogP contribution in [-0.2, 0) is 13.2 Å². The molecule has 4 heteroatoms. The molecule has 0 unspecified atom stereocenters. The van der Waals surface area contributed by atoms with Crippen molar-refractivity contribution >= 4 is 5.69 Å². The van der Waals surface area contributed by atoms with Crippen molar-refractivity contribution in [2.24, 2.45) is 0 Å². The molecule has 0 saturated heterocycles. The van der Waals surface area contributed by atoms with Gasteiger partial charge in [-0.2, -0.15) is 0 Å². The van der Waals surface area contributed by atoms with E-state index in [-0.39, 0.29) is 12.4 Å². The van der Waals surface area contributed by atoms with E-state index >= 15 is 0 Å². The van der Waals surface area contributed by atoms with Crippen LogP contribution < -0.4 is 10.1 Å². The van der Waals surface area contributed by atoms with Gasteiger partial charge in [-0.05, 0) is 42.8 Å². The topological polar surface area (TPSA) is 41.5 Å². The number of aliphatic hydroxyl groups is 1. The van der Waals surface area contributed by atoms with Crippen LogP contribution in [0.25, 0.3) is 0 Å². The number of rotatable bonds is 6. The number of aliphatic hydroxyl groups excluding tert-OH is 1. The van der Waals surface area contributed by atoms with E-state index < -0.39 is 0 Å². The molecular formula is C16H18FNO2. The monoisotopic (exact) mass is 275 g/mol. The molecule has 2 aromatic rings. The summed E-state index contributed by atoms with van der Waals surface area (Å²) in [7, 11) is 0. The maximum Gasteiger partial charge on any atom is 0.124 e. The highest BCUT2D eigenvalue weighted by Crippen LogP contribution is 2.23. The van der Waals surface area contributed by atoms with Gasteiger partial charge in [0.1, 0.15) is 11.6 Å². The summed E-state index contributed by atoms with van der Waals surface area (Å²) in [6.45, 7) is 2.90. The molecule has 0 heterocycles. The summed E-state index contributed by atoms with van der Waals surface area (Å²) >= 11 is 0. The van der Waals surface area contributed by atoms with E-state index in [0.29, 0.717) is 18.9 Å². The Morgan fingerprint density at radius 1 is 1.20 bits per heavy atom.